The van der Waals surface area contributed by atoms with E-state index < -0.39 is 0 Å². The largest absolute Gasteiger partial charge is 0.481 e. The van der Waals surface area contributed by atoms with E-state index in [1.807, 2.05) is 54.6 Å². The van der Waals surface area contributed by atoms with Crippen molar-refractivity contribution in [2.24, 2.45) is 5.92 Å². The van der Waals surface area contributed by atoms with Crippen LogP contribution < -0.4 is 15.4 Å². The maximum atomic E-state index is 12.4. The molecule has 6 nitrogen and oxygen atoms in total. The van der Waals surface area contributed by atoms with E-state index in [-0.39, 0.29) is 24.5 Å². The van der Waals surface area contributed by atoms with Gasteiger partial charge in [-0.15, -0.1) is 6.42 Å². The average Bonchev–Trinajstić information content (AvgIpc) is 2.82. The number of likely N-dealkylation sites (tertiary alicyclic amines) is 1. The molecule has 3 amide bonds. The number of nitrogens with zero attached hydrogens (tertiary/aromatic N) is 1. The first-order valence-electron chi connectivity index (χ1n) is 10.7. The maximum absolute atomic E-state index is 12.4. The van der Waals surface area contributed by atoms with Crippen molar-refractivity contribution in [1.82, 2.24) is 15.5 Å². The van der Waals surface area contributed by atoms with E-state index in [0.717, 1.165) is 23.3 Å². The van der Waals surface area contributed by atoms with E-state index >= 15 is 0 Å². The summed E-state index contributed by atoms with van der Waals surface area (Å²) >= 11 is 0. The van der Waals surface area contributed by atoms with Gasteiger partial charge in [0.15, 0.2) is 0 Å². The minimum absolute atomic E-state index is 0.0389. The van der Waals surface area contributed by atoms with Crippen LogP contribution in [0.3, 0.4) is 0 Å². The second kappa shape index (κ2) is 11.7. The molecular formula is C25H29N3O3. The first-order chi connectivity index (χ1) is 15.2. The Labute approximate surface area is 184 Å². The lowest BCUT2D eigenvalue weighted by Gasteiger charge is -2.31. The van der Waals surface area contributed by atoms with Crippen LogP contribution in [-0.4, -0.2) is 43.1 Å². The van der Waals surface area contributed by atoms with Gasteiger partial charge in [-0.25, -0.2) is 4.79 Å². The second-order valence-corrected chi connectivity index (χ2v) is 7.58. The van der Waals surface area contributed by atoms with Crippen LogP contribution in [0.15, 0.2) is 54.6 Å². The van der Waals surface area contributed by atoms with Crippen molar-refractivity contribution in [3.63, 3.8) is 0 Å². The zero-order valence-corrected chi connectivity index (χ0v) is 17.7. The molecule has 0 bridgehead atoms. The Morgan fingerprint density at radius 2 is 1.71 bits per heavy atom. The first kappa shape index (κ1) is 22.2. The number of hydrogen-bond donors (Lipinski definition) is 2. The molecule has 162 valence electrons. The molecule has 1 fully saturated rings. The van der Waals surface area contributed by atoms with Crippen molar-refractivity contribution in [2.45, 2.75) is 25.8 Å². The maximum Gasteiger partial charge on any atom is 0.317 e. The Hall–Kier alpha value is -3.46. The normalized spacial score (nSPS) is 13.8. The third-order valence-corrected chi connectivity index (χ3v) is 5.40. The molecule has 1 saturated heterocycles. The van der Waals surface area contributed by atoms with E-state index in [1.165, 1.54) is 0 Å². The van der Waals surface area contributed by atoms with Gasteiger partial charge in [-0.1, -0.05) is 48.4 Å². The molecule has 1 aliphatic heterocycles. The highest BCUT2D eigenvalue weighted by Gasteiger charge is 2.27. The number of carbonyl (C=O) groups excluding carboxylic acids is 2. The number of nitrogens with one attached hydrogen (secondary N) is 2. The Morgan fingerprint density at radius 1 is 1.00 bits per heavy atom. The SMILES string of the molecule is C#CCOc1ccc(CCNC(=O)N2CCC(C(=O)NCc3ccccc3)CC2)cc1. The predicted octanol–water partition coefficient (Wildman–Crippen LogP) is 2.98. The summed E-state index contributed by atoms with van der Waals surface area (Å²) in [5.41, 5.74) is 2.20. The number of piperidine rings is 1. The molecule has 1 aliphatic rings. The Bertz CT molecular complexity index is 882. The third-order valence-electron chi connectivity index (χ3n) is 5.40. The van der Waals surface area contributed by atoms with Crippen LogP contribution in [0.5, 0.6) is 5.75 Å². The lowest BCUT2D eigenvalue weighted by molar-refractivity contribution is -0.126. The molecule has 2 aromatic rings. The van der Waals surface area contributed by atoms with Crippen LogP contribution >= 0.6 is 0 Å². The lowest BCUT2D eigenvalue weighted by atomic mass is 9.96. The highest BCUT2D eigenvalue weighted by molar-refractivity contribution is 5.79. The number of amides is 3. The van der Waals surface area contributed by atoms with Crippen LogP contribution in [-0.2, 0) is 17.8 Å². The minimum atomic E-state index is -0.0721. The molecule has 0 aromatic heterocycles. The van der Waals surface area contributed by atoms with E-state index in [0.29, 0.717) is 39.0 Å². The summed E-state index contributed by atoms with van der Waals surface area (Å²) in [7, 11) is 0. The molecule has 0 unspecified atom stereocenters. The summed E-state index contributed by atoms with van der Waals surface area (Å²) in [5.74, 6) is 3.20. The fourth-order valence-electron chi connectivity index (χ4n) is 3.58. The molecule has 0 saturated carbocycles. The van der Waals surface area contributed by atoms with Gasteiger partial charge in [-0.3, -0.25) is 4.79 Å². The van der Waals surface area contributed by atoms with Gasteiger partial charge < -0.3 is 20.3 Å². The smallest absolute Gasteiger partial charge is 0.317 e. The second-order valence-electron chi connectivity index (χ2n) is 7.58. The molecule has 2 aromatic carbocycles. The van der Waals surface area contributed by atoms with Gasteiger partial charge in [0.25, 0.3) is 0 Å². The van der Waals surface area contributed by atoms with Crippen LogP contribution in [0, 0.1) is 18.3 Å². The van der Waals surface area contributed by atoms with Crippen molar-refractivity contribution in [3.05, 3.63) is 65.7 Å². The van der Waals surface area contributed by atoms with Crippen molar-refractivity contribution in [2.75, 3.05) is 26.2 Å². The Kier molecular flexibility index (Phi) is 8.36. The van der Waals surface area contributed by atoms with E-state index in [9.17, 15) is 9.59 Å². The summed E-state index contributed by atoms with van der Waals surface area (Å²) in [4.78, 5) is 26.6. The van der Waals surface area contributed by atoms with Gasteiger partial charge in [0.2, 0.25) is 5.91 Å². The van der Waals surface area contributed by atoms with Gasteiger partial charge >= 0.3 is 6.03 Å². The van der Waals surface area contributed by atoms with Gasteiger partial charge in [0, 0.05) is 32.1 Å². The van der Waals surface area contributed by atoms with Gasteiger partial charge in [0.1, 0.15) is 12.4 Å². The molecule has 0 atom stereocenters. The van der Waals surface area contributed by atoms with Crippen molar-refractivity contribution >= 4 is 11.9 Å². The van der Waals surface area contributed by atoms with Crippen molar-refractivity contribution in [3.8, 4) is 18.1 Å². The summed E-state index contributed by atoms with van der Waals surface area (Å²) < 4.78 is 5.35. The van der Waals surface area contributed by atoms with E-state index in [1.54, 1.807) is 4.90 Å². The number of terminal acetylenes is 1. The fraction of sp³-hybridized carbons (Fsp3) is 0.360. The average molecular weight is 420 g/mol. The summed E-state index contributed by atoms with van der Waals surface area (Å²) in [6, 6.07) is 17.5. The van der Waals surface area contributed by atoms with E-state index in [2.05, 4.69) is 16.6 Å². The molecule has 2 N–H and O–H groups in total. The quantitative estimate of drug-likeness (QED) is 0.647. The highest BCUT2D eigenvalue weighted by atomic mass is 16.5. The van der Waals surface area contributed by atoms with E-state index in [4.69, 9.17) is 11.2 Å². The standard InChI is InChI=1S/C25H29N3O3/c1-2-18-31-23-10-8-20(9-11-23)12-15-26-25(30)28-16-13-22(14-17-28)24(29)27-19-21-6-4-3-5-7-21/h1,3-11,22H,12-19H2,(H,26,30)(H,27,29). The monoisotopic (exact) mass is 419 g/mol. The molecular weight excluding hydrogens is 390 g/mol. The zero-order chi connectivity index (χ0) is 21.9. The summed E-state index contributed by atoms with van der Waals surface area (Å²) in [5, 5.41) is 5.97. The molecule has 0 radical (unpaired) electrons. The van der Waals surface area contributed by atoms with Crippen LogP contribution in [0.1, 0.15) is 24.0 Å². The molecule has 31 heavy (non-hydrogen) atoms. The molecule has 1 heterocycles. The first-order valence-corrected chi connectivity index (χ1v) is 10.7. The molecule has 0 aliphatic carbocycles. The van der Waals surface area contributed by atoms with Gasteiger partial charge in [-0.2, -0.15) is 0 Å². The number of ether oxygens (including phenoxy) is 1. The van der Waals surface area contributed by atoms with Crippen LogP contribution in [0.25, 0.3) is 0 Å². The minimum Gasteiger partial charge on any atom is -0.481 e. The van der Waals surface area contributed by atoms with Crippen LogP contribution in [0.4, 0.5) is 4.79 Å². The number of benzene rings is 2. The van der Waals surface area contributed by atoms with Crippen molar-refractivity contribution < 1.29 is 14.3 Å². The third kappa shape index (κ3) is 7.07. The number of urea groups is 1. The molecule has 6 heteroatoms. The number of hydrogen-bond acceptors (Lipinski definition) is 3. The lowest BCUT2D eigenvalue weighted by Crippen LogP contribution is -2.47. The Balaban J connectivity index is 1.33. The highest BCUT2D eigenvalue weighted by Crippen LogP contribution is 2.18. The van der Waals surface area contributed by atoms with Gasteiger partial charge in [0.05, 0.1) is 0 Å². The fourth-order valence-corrected chi connectivity index (χ4v) is 3.58. The molecule has 0 spiro atoms. The zero-order valence-electron chi connectivity index (χ0n) is 17.7. The summed E-state index contributed by atoms with van der Waals surface area (Å²) in [6.07, 6.45) is 7.29. The molecule has 3 rings (SSSR count). The number of carbonyl (C=O) groups is 2. The topological polar surface area (TPSA) is 70.7 Å². The van der Waals surface area contributed by atoms with Crippen molar-refractivity contribution in [1.29, 1.82) is 0 Å². The van der Waals surface area contributed by atoms with Crippen LogP contribution in [0.2, 0.25) is 0 Å². The number of rotatable bonds is 8. The predicted molar refractivity (Wildman–Crippen MR) is 120 cm³/mol. The summed E-state index contributed by atoms with van der Waals surface area (Å²) in [6.45, 7) is 2.53. The Morgan fingerprint density at radius 3 is 2.39 bits per heavy atom. The van der Waals surface area contributed by atoms with Gasteiger partial charge in [-0.05, 0) is 42.5 Å².